The van der Waals surface area contributed by atoms with Crippen molar-refractivity contribution in [2.75, 3.05) is 32.8 Å². The molecule has 120 valence electrons. The molecular weight excluding hydrogens is 262 g/mol. The number of ether oxygens (including phenoxy) is 2. The second-order valence-electron chi connectivity index (χ2n) is 7.71. The van der Waals surface area contributed by atoms with Gasteiger partial charge in [0.25, 0.3) is 0 Å². The molecule has 0 aromatic rings. The van der Waals surface area contributed by atoms with E-state index in [1.54, 1.807) is 4.90 Å². The van der Waals surface area contributed by atoms with Gasteiger partial charge in [0.1, 0.15) is 6.54 Å². The van der Waals surface area contributed by atoms with E-state index in [4.69, 9.17) is 9.47 Å². The van der Waals surface area contributed by atoms with Crippen LogP contribution in [0.2, 0.25) is 0 Å². The lowest BCUT2D eigenvalue weighted by Gasteiger charge is -2.49. The van der Waals surface area contributed by atoms with Crippen LogP contribution in [0, 0.1) is 17.3 Å². The van der Waals surface area contributed by atoms with Gasteiger partial charge in [-0.25, -0.2) is 0 Å². The maximum absolute atomic E-state index is 6.18. The standard InChI is InChI=1S/C18H31NO2/c1-14-9-15(2)18(16(3)10-14)12-20-17(21-13-18)11-19-7-5-4-6-8-19/h9,15-17H,4-8,10-13H2,1-3H3/p+1/t15-,16-,17?,18?/m1/s1. The lowest BCUT2D eigenvalue weighted by Crippen LogP contribution is -3.14. The molecule has 1 spiro atoms. The summed E-state index contributed by atoms with van der Waals surface area (Å²) < 4.78 is 12.4. The van der Waals surface area contributed by atoms with E-state index in [-0.39, 0.29) is 11.7 Å². The van der Waals surface area contributed by atoms with E-state index in [1.165, 1.54) is 44.3 Å². The molecule has 2 aliphatic heterocycles. The van der Waals surface area contributed by atoms with Gasteiger partial charge in [-0.15, -0.1) is 0 Å². The Hall–Kier alpha value is -0.380. The molecule has 0 aromatic heterocycles. The van der Waals surface area contributed by atoms with Crippen molar-refractivity contribution in [3.05, 3.63) is 11.6 Å². The highest BCUT2D eigenvalue weighted by Crippen LogP contribution is 2.46. The van der Waals surface area contributed by atoms with E-state index in [0.717, 1.165) is 19.8 Å². The van der Waals surface area contributed by atoms with Gasteiger partial charge in [0, 0.05) is 5.41 Å². The van der Waals surface area contributed by atoms with Crippen molar-refractivity contribution in [1.82, 2.24) is 0 Å². The molecule has 0 aromatic carbocycles. The SMILES string of the molecule is CC1=C[C@@H](C)C2(COC(C[NH+]3CCCCC3)OC2)[C@H](C)C1. The minimum atomic E-state index is 0.0233. The number of allylic oxidation sites excluding steroid dienone is 2. The molecule has 0 bridgehead atoms. The Morgan fingerprint density at radius 2 is 1.81 bits per heavy atom. The number of rotatable bonds is 2. The summed E-state index contributed by atoms with van der Waals surface area (Å²) in [5.41, 5.74) is 1.73. The van der Waals surface area contributed by atoms with E-state index in [1.807, 2.05) is 0 Å². The molecule has 0 unspecified atom stereocenters. The van der Waals surface area contributed by atoms with Crippen molar-refractivity contribution < 1.29 is 14.4 Å². The molecule has 0 radical (unpaired) electrons. The highest BCUT2D eigenvalue weighted by atomic mass is 16.7. The zero-order chi connectivity index (χ0) is 14.9. The molecule has 21 heavy (non-hydrogen) atoms. The molecule has 1 N–H and O–H groups in total. The maximum Gasteiger partial charge on any atom is 0.207 e. The lowest BCUT2D eigenvalue weighted by molar-refractivity contribution is -0.911. The summed E-state index contributed by atoms with van der Waals surface area (Å²) in [6.07, 6.45) is 7.78. The molecule has 1 aliphatic carbocycles. The Labute approximate surface area is 129 Å². The number of hydrogen-bond acceptors (Lipinski definition) is 2. The molecule has 2 heterocycles. The lowest BCUT2D eigenvalue weighted by atomic mass is 9.63. The number of piperidine rings is 1. The molecule has 2 fully saturated rings. The fraction of sp³-hybridized carbons (Fsp3) is 0.889. The van der Waals surface area contributed by atoms with Gasteiger partial charge in [0.05, 0.1) is 26.3 Å². The Morgan fingerprint density at radius 1 is 1.14 bits per heavy atom. The van der Waals surface area contributed by atoms with E-state index in [0.29, 0.717) is 11.8 Å². The Kier molecular flexibility index (Phi) is 4.72. The first-order valence-electron chi connectivity index (χ1n) is 8.84. The summed E-state index contributed by atoms with van der Waals surface area (Å²) in [6, 6.07) is 0. The third-order valence-corrected chi connectivity index (χ3v) is 6.14. The van der Waals surface area contributed by atoms with Gasteiger partial charge < -0.3 is 14.4 Å². The smallest absolute Gasteiger partial charge is 0.207 e. The molecular formula is C18H32NO2+. The highest BCUT2D eigenvalue weighted by molar-refractivity contribution is 5.13. The first kappa shape index (κ1) is 15.5. The van der Waals surface area contributed by atoms with E-state index < -0.39 is 0 Å². The number of hydrogen-bond donors (Lipinski definition) is 1. The average Bonchev–Trinajstić information content (AvgIpc) is 2.47. The van der Waals surface area contributed by atoms with Gasteiger partial charge >= 0.3 is 0 Å². The van der Waals surface area contributed by atoms with Gasteiger partial charge in [-0.1, -0.05) is 25.5 Å². The molecule has 3 rings (SSSR count). The van der Waals surface area contributed by atoms with Crippen LogP contribution in [0.3, 0.4) is 0 Å². The van der Waals surface area contributed by atoms with Gasteiger partial charge in [-0.05, 0) is 44.4 Å². The van der Waals surface area contributed by atoms with Crippen LogP contribution in [0.4, 0.5) is 0 Å². The molecule has 3 heteroatoms. The normalized spacial score (nSPS) is 42.0. The van der Waals surface area contributed by atoms with E-state index in [2.05, 4.69) is 26.8 Å². The minimum absolute atomic E-state index is 0.0233. The van der Waals surface area contributed by atoms with Crippen molar-refractivity contribution in [3.8, 4) is 0 Å². The molecule has 3 aliphatic rings. The number of quaternary nitrogens is 1. The highest BCUT2D eigenvalue weighted by Gasteiger charge is 2.47. The van der Waals surface area contributed by atoms with Crippen LogP contribution < -0.4 is 4.90 Å². The van der Waals surface area contributed by atoms with Gasteiger partial charge in [0.2, 0.25) is 6.29 Å². The third-order valence-electron chi connectivity index (χ3n) is 6.14. The topological polar surface area (TPSA) is 22.9 Å². The minimum Gasteiger partial charge on any atom is -0.347 e. The predicted octanol–water partition coefficient (Wildman–Crippen LogP) is 2.04. The van der Waals surface area contributed by atoms with Gasteiger partial charge in [0.15, 0.2) is 0 Å². The van der Waals surface area contributed by atoms with Gasteiger partial charge in [-0.2, -0.15) is 0 Å². The second-order valence-corrected chi connectivity index (χ2v) is 7.71. The van der Waals surface area contributed by atoms with E-state index >= 15 is 0 Å². The van der Waals surface area contributed by atoms with Gasteiger partial charge in [-0.3, -0.25) is 0 Å². The fourth-order valence-corrected chi connectivity index (χ4v) is 4.54. The van der Waals surface area contributed by atoms with Crippen LogP contribution in [0.5, 0.6) is 0 Å². The average molecular weight is 294 g/mol. The van der Waals surface area contributed by atoms with Crippen LogP contribution in [0.1, 0.15) is 46.5 Å². The Bertz CT molecular complexity index is 379. The first-order chi connectivity index (χ1) is 10.1. The summed E-state index contributed by atoms with van der Waals surface area (Å²) in [4.78, 5) is 1.67. The van der Waals surface area contributed by atoms with Crippen molar-refractivity contribution in [2.45, 2.75) is 52.7 Å². The molecule has 0 saturated carbocycles. The predicted molar refractivity (Wildman–Crippen MR) is 84.2 cm³/mol. The van der Waals surface area contributed by atoms with E-state index in [9.17, 15) is 0 Å². The largest absolute Gasteiger partial charge is 0.347 e. The number of nitrogens with one attached hydrogen (secondary N) is 1. The summed E-state index contributed by atoms with van der Waals surface area (Å²) in [7, 11) is 0. The summed E-state index contributed by atoms with van der Waals surface area (Å²) in [5.74, 6) is 1.21. The zero-order valence-corrected chi connectivity index (χ0v) is 14.0. The van der Waals surface area contributed by atoms with Crippen molar-refractivity contribution in [1.29, 1.82) is 0 Å². The fourth-order valence-electron chi connectivity index (χ4n) is 4.54. The van der Waals surface area contributed by atoms with Crippen molar-refractivity contribution in [3.63, 3.8) is 0 Å². The Balaban J connectivity index is 1.56. The monoisotopic (exact) mass is 294 g/mol. The molecule has 0 amide bonds. The van der Waals surface area contributed by atoms with Crippen molar-refractivity contribution in [2.24, 2.45) is 17.3 Å². The third kappa shape index (κ3) is 3.20. The molecule has 3 nitrogen and oxygen atoms in total. The maximum atomic E-state index is 6.18. The zero-order valence-electron chi connectivity index (χ0n) is 14.0. The van der Waals surface area contributed by atoms with Crippen LogP contribution >= 0.6 is 0 Å². The quantitative estimate of drug-likeness (QED) is 0.788. The van der Waals surface area contributed by atoms with Crippen LogP contribution in [-0.4, -0.2) is 39.1 Å². The summed E-state index contributed by atoms with van der Waals surface area (Å²) in [6.45, 7) is 12.3. The number of likely N-dealkylation sites (tertiary alicyclic amines) is 1. The molecule has 2 atom stereocenters. The van der Waals surface area contributed by atoms with Crippen LogP contribution in [0.15, 0.2) is 11.6 Å². The first-order valence-corrected chi connectivity index (χ1v) is 8.84. The summed E-state index contributed by atoms with van der Waals surface area (Å²) in [5, 5.41) is 0. The summed E-state index contributed by atoms with van der Waals surface area (Å²) >= 11 is 0. The van der Waals surface area contributed by atoms with Crippen LogP contribution in [-0.2, 0) is 9.47 Å². The van der Waals surface area contributed by atoms with Crippen molar-refractivity contribution >= 4 is 0 Å². The van der Waals surface area contributed by atoms with Crippen LogP contribution in [0.25, 0.3) is 0 Å². The second kappa shape index (κ2) is 6.39. The Morgan fingerprint density at radius 3 is 2.43 bits per heavy atom. The molecule has 2 saturated heterocycles.